The molecule has 1 aromatic carbocycles. The molecule has 1 aliphatic heterocycles. The van der Waals surface area contributed by atoms with Crippen LogP contribution in [0.3, 0.4) is 0 Å². The number of rotatable bonds is 5. The number of aliphatic hydroxyl groups excluding tert-OH is 1. The lowest BCUT2D eigenvalue weighted by molar-refractivity contribution is -0.136. The molecule has 1 aliphatic rings. The van der Waals surface area contributed by atoms with Crippen molar-refractivity contribution in [1.82, 2.24) is 29.4 Å². The summed E-state index contributed by atoms with van der Waals surface area (Å²) < 4.78 is 10.00. The van der Waals surface area contributed by atoms with Crippen LogP contribution >= 0.6 is 0 Å². The van der Waals surface area contributed by atoms with Crippen LogP contribution in [-0.2, 0) is 29.7 Å². The van der Waals surface area contributed by atoms with Gasteiger partial charge < -0.3 is 24.2 Å². The Hall–Kier alpha value is -3.24. The van der Waals surface area contributed by atoms with Crippen molar-refractivity contribution in [2.24, 2.45) is 13.0 Å². The molecule has 0 fully saturated rings. The third-order valence-corrected chi connectivity index (χ3v) is 6.98. The fraction of sp³-hybridized carbons (Fsp3) is 0.538. The van der Waals surface area contributed by atoms with Crippen LogP contribution in [0, 0.1) is 5.92 Å². The number of fused-ring (bicyclic) bond motifs is 3. The number of aliphatic hydroxyl groups is 1. The van der Waals surface area contributed by atoms with Gasteiger partial charge in [-0.2, -0.15) is 0 Å². The van der Waals surface area contributed by atoms with Crippen molar-refractivity contribution >= 4 is 22.7 Å². The molecule has 0 spiro atoms. The van der Waals surface area contributed by atoms with Crippen LogP contribution in [0.2, 0.25) is 0 Å². The molecule has 2 amide bonds. The van der Waals surface area contributed by atoms with Gasteiger partial charge in [0.05, 0.1) is 31.6 Å². The molecule has 0 unspecified atom stereocenters. The third kappa shape index (κ3) is 5.76. The average Bonchev–Trinajstić information content (AvgIpc) is 3.49. The van der Waals surface area contributed by atoms with Crippen LogP contribution in [0.4, 0.5) is 0 Å². The second kappa shape index (κ2) is 11.2. The average molecular weight is 497 g/mol. The Balaban J connectivity index is 1.55. The lowest BCUT2D eigenvalue weighted by atomic mass is 10.0. The standard InChI is InChI=1S/C26H36N6O4/c1-18-13-32(19(2)16-33)25(34)6-5-10-31-14-22(27-28-31)17-36-24(18)15-30(4)26(35)21-8-7-20-9-11-29(3)23(20)12-21/h7-9,11-12,14,18-19,24,33H,5-6,10,13,15-17H2,1-4H3/t18-,19-,24+/m0/s1. The van der Waals surface area contributed by atoms with Crippen molar-refractivity contribution in [3.05, 3.63) is 47.9 Å². The van der Waals surface area contributed by atoms with Gasteiger partial charge in [0, 0.05) is 63.3 Å². The number of hydrogen-bond acceptors (Lipinski definition) is 6. The highest BCUT2D eigenvalue weighted by Crippen LogP contribution is 2.20. The molecule has 10 nitrogen and oxygen atoms in total. The maximum atomic E-state index is 13.3. The Morgan fingerprint density at radius 2 is 2.14 bits per heavy atom. The van der Waals surface area contributed by atoms with Gasteiger partial charge in [-0.05, 0) is 36.9 Å². The van der Waals surface area contributed by atoms with Crippen LogP contribution in [0.15, 0.2) is 36.7 Å². The van der Waals surface area contributed by atoms with Gasteiger partial charge in [0.2, 0.25) is 5.91 Å². The molecule has 0 radical (unpaired) electrons. The largest absolute Gasteiger partial charge is 0.394 e. The highest BCUT2D eigenvalue weighted by Gasteiger charge is 2.29. The number of hydrogen-bond donors (Lipinski definition) is 1. The van der Waals surface area contributed by atoms with Crippen LogP contribution in [0.5, 0.6) is 0 Å². The molecular formula is C26H36N6O4. The minimum Gasteiger partial charge on any atom is -0.394 e. The third-order valence-electron chi connectivity index (χ3n) is 6.98. The van der Waals surface area contributed by atoms with Crippen molar-refractivity contribution < 1.29 is 19.4 Å². The van der Waals surface area contributed by atoms with E-state index >= 15 is 0 Å². The molecule has 10 heteroatoms. The molecule has 2 bridgehead atoms. The summed E-state index contributed by atoms with van der Waals surface area (Å²) in [6, 6.07) is 7.42. The lowest BCUT2D eigenvalue weighted by Crippen LogP contribution is -2.47. The van der Waals surface area contributed by atoms with Crippen LogP contribution < -0.4 is 0 Å². The van der Waals surface area contributed by atoms with E-state index < -0.39 is 0 Å². The number of likely N-dealkylation sites (N-methyl/N-ethyl adjacent to an activating group) is 1. The molecule has 36 heavy (non-hydrogen) atoms. The Kier molecular flexibility index (Phi) is 8.05. The number of carbonyl (C=O) groups is 2. The molecular weight excluding hydrogens is 460 g/mol. The number of ether oxygens (including phenoxy) is 1. The minimum absolute atomic E-state index is 0.0120. The van der Waals surface area contributed by atoms with Gasteiger partial charge in [-0.15, -0.1) is 5.10 Å². The van der Waals surface area contributed by atoms with E-state index in [0.717, 1.165) is 10.9 Å². The molecule has 1 N–H and O–H groups in total. The van der Waals surface area contributed by atoms with Crippen LogP contribution in [0.1, 0.15) is 42.7 Å². The molecule has 3 heterocycles. The smallest absolute Gasteiger partial charge is 0.253 e. The van der Waals surface area contributed by atoms with Gasteiger partial charge in [0.15, 0.2) is 0 Å². The summed E-state index contributed by atoms with van der Waals surface area (Å²) in [4.78, 5) is 29.8. The van der Waals surface area contributed by atoms with E-state index in [1.165, 1.54) is 0 Å². The SMILES string of the molecule is C[C@H]1CN([C@@H](C)CO)C(=O)CCCn2cc(nn2)CO[C@@H]1CN(C)C(=O)c1ccc2ccn(C)c2c1. The topological polar surface area (TPSA) is 106 Å². The normalized spacial score (nSPS) is 20.5. The molecule has 2 aromatic heterocycles. The summed E-state index contributed by atoms with van der Waals surface area (Å²) in [5, 5.41) is 19.2. The second-order valence-corrected chi connectivity index (χ2v) is 9.87. The van der Waals surface area contributed by atoms with Crippen molar-refractivity contribution in [2.75, 3.05) is 26.7 Å². The number of aryl methyl sites for hydroxylation is 2. The minimum atomic E-state index is -0.357. The second-order valence-electron chi connectivity index (χ2n) is 9.87. The van der Waals surface area contributed by atoms with E-state index in [1.54, 1.807) is 21.5 Å². The number of aromatic nitrogens is 4. The Bertz CT molecular complexity index is 1200. The fourth-order valence-electron chi connectivity index (χ4n) is 4.66. The van der Waals surface area contributed by atoms with Gasteiger partial charge >= 0.3 is 0 Å². The van der Waals surface area contributed by atoms with Gasteiger partial charge in [0.25, 0.3) is 5.91 Å². The van der Waals surface area contributed by atoms with E-state index in [0.29, 0.717) is 43.7 Å². The van der Waals surface area contributed by atoms with Crippen LogP contribution in [0.25, 0.3) is 10.9 Å². The number of benzene rings is 1. The molecule has 3 atom stereocenters. The highest BCUT2D eigenvalue weighted by molar-refractivity contribution is 5.98. The number of amides is 2. The van der Waals surface area contributed by atoms with E-state index in [1.807, 2.05) is 62.1 Å². The Morgan fingerprint density at radius 3 is 2.92 bits per heavy atom. The first-order chi connectivity index (χ1) is 17.3. The van der Waals surface area contributed by atoms with E-state index in [2.05, 4.69) is 10.3 Å². The summed E-state index contributed by atoms with van der Waals surface area (Å²) in [5.41, 5.74) is 2.32. The maximum absolute atomic E-state index is 13.3. The van der Waals surface area contributed by atoms with Crippen molar-refractivity contribution in [3.8, 4) is 0 Å². The zero-order valence-electron chi connectivity index (χ0n) is 21.5. The van der Waals surface area contributed by atoms with Gasteiger partial charge in [-0.1, -0.05) is 18.2 Å². The Morgan fingerprint density at radius 1 is 1.33 bits per heavy atom. The van der Waals surface area contributed by atoms with Crippen molar-refractivity contribution in [3.63, 3.8) is 0 Å². The van der Waals surface area contributed by atoms with E-state index in [4.69, 9.17) is 4.74 Å². The highest BCUT2D eigenvalue weighted by atomic mass is 16.5. The summed E-state index contributed by atoms with van der Waals surface area (Å²) in [6.45, 7) is 5.35. The number of carbonyl (C=O) groups excluding carboxylic acids is 2. The monoisotopic (exact) mass is 496 g/mol. The first-order valence-corrected chi connectivity index (χ1v) is 12.5. The molecule has 4 rings (SSSR count). The van der Waals surface area contributed by atoms with Gasteiger partial charge in [0.1, 0.15) is 5.69 Å². The summed E-state index contributed by atoms with van der Waals surface area (Å²) >= 11 is 0. The summed E-state index contributed by atoms with van der Waals surface area (Å²) in [7, 11) is 3.73. The first kappa shape index (κ1) is 25.8. The summed E-state index contributed by atoms with van der Waals surface area (Å²) in [6.07, 6.45) is 4.45. The van der Waals surface area contributed by atoms with Gasteiger partial charge in [-0.25, -0.2) is 0 Å². The van der Waals surface area contributed by atoms with Gasteiger partial charge in [-0.3, -0.25) is 14.3 Å². The maximum Gasteiger partial charge on any atom is 0.253 e. The van der Waals surface area contributed by atoms with Crippen molar-refractivity contribution in [1.29, 1.82) is 0 Å². The summed E-state index contributed by atoms with van der Waals surface area (Å²) in [5.74, 6) is -0.203. The predicted molar refractivity (Wildman–Crippen MR) is 135 cm³/mol. The molecule has 0 saturated carbocycles. The van der Waals surface area contributed by atoms with E-state index in [-0.39, 0.29) is 43.1 Å². The van der Waals surface area contributed by atoms with Crippen LogP contribution in [-0.4, -0.2) is 85.2 Å². The quantitative estimate of drug-likeness (QED) is 0.580. The fourth-order valence-corrected chi connectivity index (χ4v) is 4.66. The Labute approximate surface area is 211 Å². The molecule has 0 saturated heterocycles. The van der Waals surface area contributed by atoms with E-state index in [9.17, 15) is 14.7 Å². The zero-order chi connectivity index (χ0) is 25.8. The number of nitrogens with zero attached hydrogens (tertiary/aromatic N) is 6. The lowest BCUT2D eigenvalue weighted by Gasteiger charge is -2.35. The molecule has 0 aliphatic carbocycles. The van der Waals surface area contributed by atoms with Crippen molar-refractivity contribution in [2.45, 2.75) is 52.0 Å². The predicted octanol–water partition coefficient (Wildman–Crippen LogP) is 2.07. The molecule has 3 aromatic rings. The first-order valence-electron chi connectivity index (χ1n) is 12.5. The molecule has 194 valence electrons. The zero-order valence-corrected chi connectivity index (χ0v) is 21.5.